The van der Waals surface area contributed by atoms with E-state index >= 15 is 0 Å². The van der Waals surface area contributed by atoms with E-state index in [1.807, 2.05) is 13.1 Å². The molecule has 0 unspecified atom stereocenters. The van der Waals surface area contributed by atoms with Gasteiger partial charge >= 0.3 is 0 Å². The van der Waals surface area contributed by atoms with Crippen LogP contribution < -0.4 is 10.1 Å². The van der Waals surface area contributed by atoms with E-state index in [0.29, 0.717) is 0 Å². The molecule has 1 aromatic rings. The van der Waals surface area contributed by atoms with Gasteiger partial charge in [0.2, 0.25) is 0 Å². The van der Waals surface area contributed by atoms with E-state index in [9.17, 15) is 0 Å². The van der Waals surface area contributed by atoms with Crippen LogP contribution in [0.2, 0.25) is 0 Å². The van der Waals surface area contributed by atoms with E-state index in [1.165, 1.54) is 24.0 Å². The van der Waals surface area contributed by atoms with Crippen molar-refractivity contribution in [2.45, 2.75) is 33.1 Å². The highest BCUT2D eigenvalue weighted by Crippen LogP contribution is 2.19. The van der Waals surface area contributed by atoms with Gasteiger partial charge in [0.1, 0.15) is 5.75 Å². The summed E-state index contributed by atoms with van der Waals surface area (Å²) < 4.78 is 5.42. The summed E-state index contributed by atoms with van der Waals surface area (Å²) in [7, 11) is 5.63. The van der Waals surface area contributed by atoms with Crippen molar-refractivity contribution in [2.24, 2.45) is 4.99 Å². The van der Waals surface area contributed by atoms with Crippen molar-refractivity contribution in [2.75, 3.05) is 34.3 Å². The zero-order chi connectivity index (χ0) is 15.7. The monoisotopic (exact) mass is 419 g/mol. The molecule has 0 saturated carbocycles. The molecule has 4 nitrogen and oxygen atoms in total. The summed E-state index contributed by atoms with van der Waals surface area (Å²) >= 11 is 0. The van der Waals surface area contributed by atoms with Crippen molar-refractivity contribution in [3.05, 3.63) is 29.3 Å². The maximum absolute atomic E-state index is 5.42. The molecule has 22 heavy (non-hydrogen) atoms. The van der Waals surface area contributed by atoms with Crippen LogP contribution in [0.25, 0.3) is 0 Å². The Kier molecular flexibility index (Phi) is 11.1. The fourth-order valence-corrected chi connectivity index (χ4v) is 2.30. The van der Waals surface area contributed by atoms with Gasteiger partial charge in [-0.15, -0.1) is 24.0 Å². The largest absolute Gasteiger partial charge is 0.496 e. The third kappa shape index (κ3) is 6.85. The van der Waals surface area contributed by atoms with Crippen molar-refractivity contribution in [1.29, 1.82) is 0 Å². The molecular formula is C17H30IN3O. The molecule has 5 heteroatoms. The number of ether oxygens (including phenoxy) is 1. The van der Waals surface area contributed by atoms with Gasteiger partial charge in [-0.05, 0) is 31.4 Å². The predicted molar refractivity (Wildman–Crippen MR) is 106 cm³/mol. The maximum atomic E-state index is 5.42. The third-order valence-electron chi connectivity index (χ3n) is 3.53. The van der Waals surface area contributed by atoms with Crippen molar-refractivity contribution >= 4 is 29.9 Å². The van der Waals surface area contributed by atoms with Crippen LogP contribution in [-0.4, -0.2) is 45.2 Å². The van der Waals surface area contributed by atoms with E-state index in [2.05, 4.69) is 48.2 Å². The number of halogens is 1. The first-order chi connectivity index (χ1) is 10.1. The molecule has 0 aliphatic heterocycles. The molecule has 1 aromatic carbocycles. The van der Waals surface area contributed by atoms with E-state index < -0.39 is 0 Å². The van der Waals surface area contributed by atoms with Gasteiger partial charge in [0.25, 0.3) is 0 Å². The van der Waals surface area contributed by atoms with Crippen LogP contribution in [0.1, 0.15) is 30.9 Å². The molecule has 0 radical (unpaired) electrons. The lowest BCUT2D eigenvalue weighted by atomic mass is 10.1. The molecule has 0 heterocycles. The Morgan fingerprint density at radius 1 is 1.36 bits per heavy atom. The number of guanidine groups is 1. The number of unbranched alkanes of at least 4 members (excludes halogenated alkanes) is 1. The number of hydrogen-bond acceptors (Lipinski definition) is 2. The molecule has 126 valence electrons. The number of rotatable bonds is 7. The summed E-state index contributed by atoms with van der Waals surface area (Å²) in [5.74, 6) is 1.91. The van der Waals surface area contributed by atoms with Crippen LogP contribution in [0.3, 0.4) is 0 Å². The smallest absolute Gasteiger partial charge is 0.193 e. The number of aliphatic imine (C=N–C) groups is 1. The fourth-order valence-electron chi connectivity index (χ4n) is 2.30. The second-order valence-electron chi connectivity index (χ2n) is 5.31. The number of aryl methyl sites for hydroxylation is 1. The molecule has 0 spiro atoms. The SMILES string of the molecule is CCCCN(C)C(=NC)NCCc1cc(C)ccc1OC.I. The first-order valence-electron chi connectivity index (χ1n) is 7.67. The summed E-state index contributed by atoms with van der Waals surface area (Å²) in [6.45, 7) is 6.19. The van der Waals surface area contributed by atoms with Crippen LogP contribution >= 0.6 is 24.0 Å². The first-order valence-corrected chi connectivity index (χ1v) is 7.67. The molecule has 0 amide bonds. The highest BCUT2D eigenvalue weighted by atomic mass is 127. The summed E-state index contributed by atoms with van der Waals surface area (Å²) in [4.78, 5) is 6.51. The summed E-state index contributed by atoms with van der Waals surface area (Å²) in [5.41, 5.74) is 2.49. The van der Waals surface area contributed by atoms with Crippen molar-refractivity contribution in [3.8, 4) is 5.75 Å². The number of benzene rings is 1. The molecule has 0 fully saturated rings. The quantitative estimate of drug-likeness (QED) is 0.418. The lowest BCUT2D eigenvalue weighted by Crippen LogP contribution is -2.40. The minimum Gasteiger partial charge on any atom is -0.496 e. The maximum Gasteiger partial charge on any atom is 0.193 e. The van der Waals surface area contributed by atoms with Gasteiger partial charge in [-0.2, -0.15) is 0 Å². The van der Waals surface area contributed by atoms with Gasteiger partial charge in [-0.25, -0.2) is 0 Å². The molecule has 0 atom stereocenters. The minimum absolute atomic E-state index is 0. The average Bonchev–Trinajstić information content (AvgIpc) is 2.49. The van der Waals surface area contributed by atoms with E-state index in [0.717, 1.165) is 31.2 Å². The van der Waals surface area contributed by atoms with Crippen LogP contribution in [0, 0.1) is 6.92 Å². The third-order valence-corrected chi connectivity index (χ3v) is 3.53. The molecule has 0 bridgehead atoms. The summed E-state index contributed by atoms with van der Waals surface area (Å²) in [6, 6.07) is 6.30. The highest BCUT2D eigenvalue weighted by Gasteiger charge is 2.06. The molecular weight excluding hydrogens is 389 g/mol. The Morgan fingerprint density at radius 2 is 2.09 bits per heavy atom. The van der Waals surface area contributed by atoms with E-state index in [-0.39, 0.29) is 24.0 Å². The normalized spacial score (nSPS) is 10.9. The molecule has 0 saturated heterocycles. The lowest BCUT2D eigenvalue weighted by molar-refractivity contribution is 0.409. The zero-order valence-electron chi connectivity index (χ0n) is 14.5. The van der Waals surface area contributed by atoms with Gasteiger partial charge in [0, 0.05) is 27.2 Å². The lowest BCUT2D eigenvalue weighted by Gasteiger charge is -2.22. The second kappa shape index (κ2) is 11.6. The summed E-state index contributed by atoms with van der Waals surface area (Å²) in [5, 5.41) is 3.42. The Hall–Kier alpha value is -0.980. The van der Waals surface area contributed by atoms with E-state index in [4.69, 9.17) is 4.74 Å². The highest BCUT2D eigenvalue weighted by molar-refractivity contribution is 14.0. The topological polar surface area (TPSA) is 36.9 Å². The molecule has 0 aliphatic rings. The zero-order valence-corrected chi connectivity index (χ0v) is 16.8. The fraction of sp³-hybridized carbons (Fsp3) is 0.588. The van der Waals surface area contributed by atoms with Crippen LogP contribution in [-0.2, 0) is 6.42 Å². The van der Waals surface area contributed by atoms with E-state index in [1.54, 1.807) is 7.11 Å². The van der Waals surface area contributed by atoms with Crippen LogP contribution in [0.4, 0.5) is 0 Å². The van der Waals surface area contributed by atoms with Gasteiger partial charge in [-0.3, -0.25) is 4.99 Å². The minimum atomic E-state index is 0. The molecule has 1 N–H and O–H groups in total. The first kappa shape index (κ1) is 21.0. The number of nitrogens with one attached hydrogen (secondary N) is 1. The average molecular weight is 419 g/mol. The molecule has 0 aromatic heterocycles. The van der Waals surface area contributed by atoms with Crippen LogP contribution in [0.15, 0.2) is 23.2 Å². The standard InChI is InChI=1S/C17H29N3O.HI/c1-6-7-12-20(4)17(18-3)19-11-10-15-13-14(2)8-9-16(15)21-5;/h8-9,13H,6-7,10-12H2,1-5H3,(H,18,19);1H. The van der Waals surface area contributed by atoms with Gasteiger partial charge in [0.05, 0.1) is 7.11 Å². The summed E-state index contributed by atoms with van der Waals surface area (Å²) in [6.07, 6.45) is 3.30. The predicted octanol–water partition coefficient (Wildman–Crippen LogP) is 3.47. The molecule has 1 rings (SSSR count). The van der Waals surface area contributed by atoms with Gasteiger partial charge in [0.15, 0.2) is 5.96 Å². The molecule has 0 aliphatic carbocycles. The second-order valence-corrected chi connectivity index (χ2v) is 5.31. The number of methoxy groups -OCH3 is 1. The van der Waals surface area contributed by atoms with Crippen LogP contribution in [0.5, 0.6) is 5.75 Å². The Morgan fingerprint density at radius 3 is 2.68 bits per heavy atom. The van der Waals surface area contributed by atoms with Gasteiger partial charge < -0.3 is 15.0 Å². The van der Waals surface area contributed by atoms with Crippen molar-refractivity contribution in [1.82, 2.24) is 10.2 Å². The Bertz CT molecular complexity index is 463. The Balaban J connectivity index is 0.00000441. The van der Waals surface area contributed by atoms with Crippen molar-refractivity contribution in [3.63, 3.8) is 0 Å². The Labute approximate surface area is 152 Å². The van der Waals surface area contributed by atoms with Crippen molar-refractivity contribution < 1.29 is 4.74 Å². The van der Waals surface area contributed by atoms with Gasteiger partial charge in [-0.1, -0.05) is 31.0 Å². The number of nitrogens with zero attached hydrogens (tertiary/aromatic N) is 2. The number of hydrogen-bond donors (Lipinski definition) is 1.